The Labute approximate surface area is 104 Å². The van der Waals surface area contributed by atoms with Crippen molar-refractivity contribution in [2.24, 2.45) is 0 Å². The number of hydrogen-bond donors (Lipinski definition) is 1. The van der Waals surface area contributed by atoms with Gasteiger partial charge in [-0.15, -0.1) is 0 Å². The van der Waals surface area contributed by atoms with Crippen LogP contribution in [0.5, 0.6) is 0 Å². The van der Waals surface area contributed by atoms with E-state index in [2.05, 4.69) is 35.3 Å². The van der Waals surface area contributed by atoms with E-state index in [1.807, 2.05) is 0 Å². The molecule has 1 saturated heterocycles. The highest BCUT2D eigenvalue weighted by Crippen LogP contribution is 2.30. The highest BCUT2D eigenvalue weighted by molar-refractivity contribution is 5.57. The summed E-state index contributed by atoms with van der Waals surface area (Å²) in [5.74, 6) is 0. The van der Waals surface area contributed by atoms with E-state index >= 15 is 0 Å². The highest BCUT2D eigenvalue weighted by atomic mass is 15.2. The largest absolute Gasteiger partial charge is 0.367 e. The van der Waals surface area contributed by atoms with Crippen LogP contribution in [0, 0.1) is 6.92 Å². The standard InChI is InChI=1S/C15H22N2/c1-12-6-7-15-13(10-12)4-3-9-17(15)14-5-2-8-16-11-14/h6-7,10,14,16H,2-5,8-9,11H2,1H3. The lowest BCUT2D eigenvalue weighted by molar-refractivity contribution is 0.424. The zero-order valence-electron chi connectivity index (χ0n) is 10.7. The molecular weight excluding hydrogens is 208 g/mol. The maximum Gasteiger partial charge on any atom is 0.0415 e. The molecule has 0 amide bonds. The molecule has 17 heavy (non-hydrogen) atoms. The molecule has 1 aromatic carbocycles. The lowest BCUT2D eigenvalue weighted by atomic mass is 9.96. The fourth-order valence-electron chi connectivity index (χ4n) is 3.23. The minimum atomic E-state index is 0.713. The average Bonchev–Trinajstić information content (AvgIpc) is 2.39. The lowest BCUT2D eigenvalue weighted by Gasteiger charge is -2.40. The maximum atomic E-state index is 3.53. The average molecular weight is 230 g/mol. The quantitative estimate of drug-likeness (QED) is 0.797. The molecule has 0 aromatic heterocycles. The van der Waals surface area contributed by atoms with Crippen LogP contribution < -0.4 is 10.2 Å². The molecule has 1 fully saturated rings. The van der Waals surface area contributed by atoms with Crippen molar-refractivity contribution in [1.82, 2.24) is 5.32 Å². The Hall–Kier alpha value is -1.02. The van der Waals surface area contributed by atoms with Crippen molar-refractivity contribution < 1.29 is 0 Å². The number of fused-ring (bicyclic) bond motifs is 1. The van der Waals surface area contributed by atoms with Gasteiger partial charge in [-0.3, -0.25) is 0 Å². The van der Waals surface area contributed by atoms with Gasteiger partial charge < -0.3 is 10.2 Å². The van der Waals surface area contributed by atoms with Crippen LogP contribution >= 0.6 is 0 Å². The first-order chi connectivity index (χ1) is 8.34. The van der Waals surface area contributed by atoms with Crippen LogP contribution in [0.2, 0.25) is 0 Å². The Morgan fingerprint density at radius 2 is 2.24 bits per heavy atom. The normalized spacial score (nSPS) is 24.5. The van der Waals surface area contributed by atoms with Gasteiger partial charge in [-0.25, -0.2) is 0 Å². The number of hydrogen-bond acceptors (Lipinski definition) is 2. The molecule has 0 bridgehead atoms. The summed E-state index contributed by atoms with van der Waals surface area (Å²) in [5.41, 5.74) is 4.45. The molecule has 2 aliphatic rings. The van der Waals surface area contributed by atoms with E-state index in [1.54, 1.807) is 5.56 Å². The second-order valence-electron chi connectivity index (χ2n) is 5.43. The van der Waals surface area contributed by atoms with Gasteiger partial charge in [0.15, 0.2) is 0 Å². The number of nitrogens with one attached hydrogen (secondary N) is 1. The van der Waals surface area contributed by atoms with Crippen LogP contribution in [0.1, 0.15) is 30.4 Å². The van der Waals surface area contributed by atoms with Gasteiger partial charge in [0.1, 0.15) is 0 Å². The van der Waals surface area contributed by atoms with Crippen LogP contribution in [0.15, 0.2) is 18.2 Å². The topological polar surface area (TPSA) is 15.3 Å². The number of nitrogens with zero attached hydrogens (tertiary/aromatic N) is 1. The molecule has 1 aromatic rings. The Bertz CT molecular complexity index is 394. The molecule has 1 unspecified atom stereocenters. The molecule has 2 nitrogen and oxygen atoms in total. The van der Waals surface area contributed by atoms with Crippen molar-refractivity contribution in [3.05, 3.63) is 29.3 Å². The van der Waals surface area contributed by atoms with Gasteiger partial charge in [-0.2, -0.15) is 0 Å². The Kier molecular flexibility index (Phi) is 3.06. The third-order valence-electron chi connectivity index (χ3n) is 4.10. The van der Waals surface area contributed by atoms with E-state index in [-0.39, 0.29) is 0 Å². The van der Waals surface area contributed by atoms with Crippen molar-refractivity contribution in [2.45, 2.75) is 38.6 Å². The summed E-state index contributed by atoms with van der Waals surface area (Å²) in [6.45, 7) is 5.79. The van der Waals surface area contributed by atoms with Crippen molar-refractivity contribution in [3.8, 4) is 0 Å². The fraction of sp³-hybridized carbons (Fsp3) is 0.600. The molecule has 1 atom stereocenters. The van der Waals surface area contributed by atoms with E-state index in [9.17, 15) is 0 Å². The summed E-state index contributed by atoms with van der Waals surface area (Å²) in [6, 6.07) is 7.68. The van der Waals surface area contributed by atoms with Gasteiger partial charge in [0.05, 0.1) is 0 Å². The first kappa shape index (κ1) is 11.1. The molecule has 0 spiro atoms. The highest BCUT2D eigenvalue weighted by Gasteiger charge is 2.25. The third kappa shape index (κ3) is 2.19. The number of benzene rings is 1. The molecular formula is C15H22N2. The maximum absolute atomic E-state index is 3.53. The lowest BCUT2D eigenvalue weighted by Crippen LogP contribution is -2.48. The molecule has 0 radical (unpaired) electrons. The predicted molar refractivity (Wildman–Crippen MR) is 72.7 cm³/mol. The second-order valence-corrected chi connectivity index (χ2v) is 5.43. The van der Waals surface area contributed by atoms with Gasteiger partial charge in [0.2, 0.25) is 0 Å². The van der Waals surface area contributed by atoms with Crippen LogP contribution in [0.25, 0.3) is 0 Å². The number of piperidine rings is 1. The Morgan fingerprint density at radius 3 is 3.06 bits per heavy atom. The second kappa shape index (κ2) is 4.69. The van der Waals surface area contributed by atoms with Crippen molar-refractivity contribution in [3.63, 3.8) is 0 Å². The van der Waals surface area contributed by atoms with Crippen molar-refractivity contribution in [2.75, 3.05) is 24.5 Å². The molecule has 2 heteroatoms. The number of rotatable bonds is 1. The Morgan fingerprint density at radius 1 is 1.29 bits per heavy atom. The molecule has 1 N–H and O–H groups in total. The van der Waals surface area contributed by atoms with E-state index in [1.165, 1.54) is 50.0 Å². The fourth-order valence-corrected chi connectivity index (χ4v) is 3.23. The van der Waals surface area contributed by atoms with E-state index < -0.39 is 0 Å². The summed E-state index contributed by atoms with van der Waals surface area (Å²) in [7, 11) is 0. The first-order valence-corrected chi connectivity index (χ1v) is 6.91. The van der Waals surface area contributed by atoms with Crippen LogP contribution in [-0.4, -0.2) is 25.7 Å². The van der Waals surface area contributed by atoms with Crippen LogP contribution in [0.4, 0.5) is 5.69 Å². The monoisotopic (exact) mass is 230 g/mol. The summed E-state index contributed by atoms with van der Waals surface area (Å²) >= 11 is 0. The molecule has 92 valence electrons. The predicted octanol–water partition coefficient (Wildman–Crippen LogP) is 2.50. The first-order valence-electron chi connectivity index (χ1n) is 6.91. The van der Waals surface area contributed by atoms with Gasteiger partial charge in [-0.05, 0) is 50.8 Å². The number of anilines is 1. The van der Waals surface area contributed by atoms with E-state index in [0.29, 0.717) is 6.04 Å². The number of aryl methyl sites for hydroxylation is 2. The minimum Gasteiger partial charge on any atom is -0.367 e. The van der Waals surface area contributed by atoms with Crippen LogP contribution in [-0.2, 0) is 6.42 Å². The minimum absolute atomic E-state index is 0.713. The summed E-state index contributed by atoms with van der Waals surface area (Å²) in [6.07, 6.45) is 5.24. The zero-order valence-corrected chi connectivity index (χ0v) is 10.7. The summed E-state index contributed by atoms with van der Waals surface area (Å²) in [5, 5.41) is 3.53. The third-order valence-corrected chi connectivity index (χ3v) is 4.10. The molecule has 0 aliphatic carbocycles. The van der Waals surface area contributed by atoms with Gasteiger partial charge in [0, 0.05) is 24.8 Å². The van der Waals surface area contributed by atoms with Gasteiger partial charge in [0.25, 0.3) is 0 Å². The zero-order chi connectivity index (χ0) is 11.7. The van der Waals surface area contributed by atoms with Gasteiger partial charge >= 0.3 is 0 Å². The van der Waals surface area contributed by atoms with E-state index in [4.69, 9.17) is 0 Å². The molecule has 2 aliphatic heterocycles. The van der Waals surface area contributed by atoms with E-state index in [0.717, 1.165) is 6.54 Å². The van der Waals surface area contributed by atoms with Crippen molar-refractivity contribution >= 4 is 5.69 Å². The molecule has 0 saturated carbocycles. The van der Waals surface area contributed by atoms with Crippen molar-refractivity contribution in [1.29, 1.82) is 0 Å². The summed E-state index contributed by atoms with van der Waals surface area (Å²) in [4.78, 5) is 2.64. The molecule has 2 heterocycles. The smallest absolute Gasteiger partial charge is 0.0415 e. The summed E-state index contributed by atoms with van der Waals surface area (Å²) < 4.78 is 0. The Balaban J connectivity index is 1.88. The molecule has 3 rings (SSSR count). The van der Waals surface area contributed by atoms with Gasteiger partial charge in [-0.1, -0.05) is 17.7 Å². The SMILES string of the molecule is Cc1ccc2c(c1)CCCN2C1CCCNC1. The van der Waals surface area contributed by atoms with Crippen LogP contribution in [0.3, 0.4) is 0 Å².